The third-order valence-electron chi connectivity index (χ3n) is 2.94. The molecule has 0 fully saturated rings. The van der Waals surface area contributed by atoms with Gasteiger partial charge in [0.2, 0.25) is 10.9 Å². The van der Waals surface area contributed by atoms with Gasteiger partial charge in [-0.3, -0.25) is 9.59 Å². The Kier molecular flexibility index (Phi) is 4.07. The molecule has 118 valence electrons. The van der Waals surface area contributed by atoms with E-state index in [1.54, 1.807) is 24.3 Å². The zero-order valence-corrected chi connectivity index (χ0v) is 13.4. The Labute approximate surface area is 135 Å². The van der Waals surface area contributed by atoms with E-state index >= 15 is 0 Å². The largest absolute Gasteiger partial charge is 0.487 e. The van der Waals surface area contributed by atoms with E-state index in [-0.39, 0.29) is 18.1 Å². The molecule has 0 unspecified atom stereocenters. The predicted octanol–water partition coefficient (Wildman–Crippen LogP) is 2.00. The van der Waals surface area contributed by atoms with Gasteiger partial charge in [-0.2, -0.15) is 9.61 Å². The number of hydrogen-bond donors (Lipinski definition) is 1. The molecule has 0 aliphatic carbocycles. The van der Waals surface area contributed by atoms with Gasteiger partial charge >= 0.3 is 0 Å². The highest BCUT2D eigenvalue weighted by Gasteiger charge is 2.07. The summed E-state index contributed by atoms with van der Waals surface area (Å²) in [6, 6.07) is 8.44. The number of aromatic nitrogens is 3. The molecule has 1 amide bonds. The minimum atomic E-state index is -0.232. The number of carbonyl (C=O) groups is 1. The number of benzene rings is 1. The molecule has 1 aromatic carbocycles. The maximum Gasteiger partial charge on any atom is 0.275 e. The topological polar surface area (TPSA) is 85.6 Å². The predicted molar refractivity (Wildman–Crippen MR) is 86.9 cm³/mol. The number of nitrogens with one attached hydrogen (secondary N) is 1. The van der Waals surface area contributed by atoms with Crippen molar-refractivity contribution in [2.24, 2.45) is 0 Å². The van der Waals surface area contributed by atoms with Crippen molar-refractivity contribution in [2.75, 3.05) is 5.32 Å². The lowest BCUT2D eigenvalue weighted by atomic mass is 10.3. The van der Waals surface area contributed by atoms with Crippen LogP contribution in [0.3, 0.4) is 0 Å². The Morgan fingerprint density at radius 2 is 2.22 bits per heavy atom. The molecule has 0 saturated carbocycles. The lowest BCUT2D eigenvalue weighted by molar-refractivity contribution is -0.114. The van der Waals surface area contributed by atoms with Gasteiger partial charge < -0.3 is 10.1 Å². The molecule has 7 nitrogen and oxygen atoms in total. The summed E-state index contributed by atoms with van der Waals surface area (Å²) in [6.45, 7) is 3.42. The fraction of sp³-hybridized carbons (Fsp3) is 0.200. The van der Waals surface area contributed by atoms with Gasteiger partial charge in [0, 0.05) is 24.7 Å². The monoisotopic (exact) mass is 330 g/mol. The molecular weight excluding hydrogens is 316 g/mol. The minimum absolute atomic E-state index is 0.150. The molecular formula is C15H14N4O3S. The van der Waals surface area contributed by atoms with E-state index in [9.17, 15) is 9.59 Å². The van der Waals surface area contributed by atoms with Crippen molar-refractivity contribution in [1.29, 1.82) is 0 Å². The van der Waals surface area contributed by atoms with Gasteiger partial charge in [0.05, 0.1) is 5.69 Å². The van der Waals surface area contributed by atoms with Crippen molar-refractivity contribution in [1.82, 2.24) is 14.6 Å². The number of amides is 1. The van der Waals surface area contributed by atoms with Crippen LogP contribution in [0.4, 0.5) is 5.69 Å². The smallest absolute Gasteiger partial charge is 0.275 e. The molecule has 0 aliphatic rings. The SMILES string of the molecule is CC(=O)Nc1cccc(OCc2cc(=O)n3nc(C)sc3n2)c1. The first kappa shape index (κ1) is 15.2. The van der Waals surface area contributed by atoms with Gasteiger partial charge in [-0.25, -0.2) is 4.98 Å². The Hall–Kier alpha value is -2.74. The van der Waals surface area contributed by atoms with Crippen LogP contribution in [0.1, 0.15) is 17.6 Å². The summed E-state index contributed by atoms with van der Waals surface area (Å²) >= 11 is 1.35. The number of aryl methyl sites for hydroxylation is 1. The molecule has 8 heteroatoms. The normalized spacial score (nSPS) is 10.7. The molecule has 0 atom stereocenters. The molecule has 0 spiro atoms. The number of anilines is 1. The number of rotatable bonds is 4. The van der Waals surface area contributed by atoms with Gasteiger partial charge in [0.15, 0.2) is 0 Å². The van der Waals surface area contributed by atoms with Crippen molar-refractivity contribution in [3.05, 3.63) is 51.4 Å². The summed E-state index contributed by atoms with van der Waals surface area (Å²) in [5, 5.41) is 7.55. The molecule has 3 aromatic rings. The first-order valence-corrected chi connectivity index (χ1v) is 7.70. The van der Waals surface area contributed by atoms with Crippen LogP contribution >= 0.6 is 11.3 Å². The van der Waals surface area contributed by atoms with Crippen LogP contribution in [0.25, 0.3) is 4.96 Å². The molecule has 0 saturated heterocycles. The van der Waals surface area contributed by atoms with E-state index < -0.39 is 0 Å². The van der Waals surface area contributed by atoms with Gasteiger partial charge in [0.25, 0.3) is 5.56 Å². The molecule has 0 bridgehead atoms. The molecule has 23 heavy (non-hydrogen) atoms. The van der Waals surface area contributed by atoms with E-state index in [0.29, 0.717) is 22.1 Å². The van der Waals surface area contributed by atoms with Crippen LogP contribution in [0.5, 0.6) is 5.75 Å². The van der Waals surface area contributed by atoms with E-state index in [1.165, 1.54) is 28.8 Å². The average molecular weight is 330 g/mol. The Balaban J connectivity index is 1.78. The summed E-state index contributed by atoms with van der Waals surface area (Å²) in [4.78, 5) is 27.9. The van der Waals surface area contributed by atoms with Crippen LogP contribution in [-0.2, 0) is 11.4 Å². The second-order valence-electron chi connectivity index (χ2n) is 4.90. The molecule has 0 aliphatic heterocycles. The van der Waals surface area contributed by atoms with Crippen LogP contribution in [0, 0.1) is 6.92 Å². The number of nitrogens with zero attached hydrogens (tertiary/aromatic N) is 3. The van der Waals surface area contributed by atoms with E-state index in [1.807, 2.05) is 6.92 Å². The van der Waals surface area contributed by atoms with Crippen LogP contribution in [-0.4, -0.2) is 20.5 Å². The molecule has 3 rings (SSSR count). The van der Waals surface area contributed by atoms with Crippen molar-refractivity contribution < 1.29 is 9.53 Å². The van der Waals surface area contributed by atoms with Crippen LogP contribution in [0.15, 0.2) is 35.1 Å². The summed E-state index contributed by atoms with van der Waals surface area (Å²) in [6.07, 6.45) is 0. The second-order valence-corrected chi connectivity index (χ2v) is 6.06. The molecule has 0 radical (unpaired) electrons. The van der Waals surface area contributed by atoms with Crippen molar-refractivity contribution in [2.45, 2.75) is 20.5 Å². The minimum Gasteiger partial charge on any atom is -0.487 e. The van der Waals surface area contributed by atoms with Gasteiger partial charge in [-0.05, 0) is 19.1 Å². The summed E-state index contributed by atoms with van der Waals surface area (Å²) in [7, 11) is 0. The summed E-state index contributed by atoms with van der Waals surface area (Å²) in [5.74, 6) is 0.432. The average Bonchev–Trinajstić information content (AvgIpc) is 2.86. The number of ether oxygens (including phenoxy) is 1. The Morgan fingerprint density at radius 1 is 1.39 bits per heavy atom. The summed E-state index contributed by atoms with van der Waals surface area (Å²) in [5.41, 5.74) is 0.949. The highest BCUT2D eigenvalue weighted by molar-refractivity contribution is 7.16. The lowest BCUT2D eigenvalue weighted by Gasteiger charge is -2.08. The third-order valence-corrected chi connectivity index (χ3v) is 3.76. The van der Waals surface area contributed by atoms with Crippen LogP contribution < -0.4 is 15.6 Å². The molecule has 2 aromatic heterocycles. The first-order valence-electron chi connectivity index (χ1n) is 6.88. The van der Waals surface area contributed by atoms with Crippen molar-refractivity contribution in [3.8, 4) is 5.75 Å². The van der Waals surface area contributed by atoms with E-state index in [2.05, 4.69) is 15.4 Å². The number of carbonyl (C=O) groups excluding carboxylic acids is 1. The molecule has 2 heterocycles. The van der Waals surface area contributed by atoms with Crippen LogP contribution in [0.2, 0.25) is 0 Å². The summed E-state index contributed by atoms with van der Waals surface area (Å²) < 4.78 is 6.93. The quantitative estimate of drug-likeness (QED) is 0.791. The lowest BCUT2D eigenvalue weighted by Crippen LogP contribution is -2.16. The fourth-order valence-electron chi connectivity index (χ4n) is 2.05. The van der Waals surface area contributed by atoms with E-state index in [4.69, 9.17) is 4.74 Å². The molecule has 1 N–H and O–H groups in total. The highest BCUT2D eigenvalue weighted by atomic mass is 32.1. The van der Waals surface area contributed by atoms with E-state index in [0.717, 1.165) is 5.01 Å². The number of hydrogen-bond acceptors (Lipinski definition) is 6. The van der Waals surface area contributed by atoms with Gasteiger partial charge in [0.1, 0.15) is 17.4 Å². The Morgan fingerprint density at radius 3 is 3.00 bits per heavy atom. The zero-order chi connectivity index (χ0) is 16.4. The maximum absolute atomic E-state index is 12.0. The van der Waals surface area contributed by atoms with Crippen molar-refractivity contribution >= 4 is 27.9 Å². The maximum atomic E-state index is 12.0. The van der Waals surface area contributed by atoms with Gasteiger partial charge in [-0.1, -0.05) is 17.4 Å². The van der Waals surface area contributed by atoms with Crippen molar-refractivity contribution in [3.63, 3.8) is 0 Å². The fourth-order valence-corrected chi connectivity index (χ4v) is 2.82. The standard InChI is InChI=1S/C15H14N4O3S/c1-9(20)16-11-4-3-5-13(6-11)22-8-12-7-14(21)19-15(17-12)23-10(2)18-19/h3-7H,8H2,1-2H3,(H,16,20). The van der Waals surface area contributed by atoms with Gasteiger partial charge in [-0.15, -0.1) is 0 Å². The highest BCUT2D eigenvalue weighted by Crippen LogP contribution is 2.18. The zero-order valence-electron chi connectivity index (χ0n) is 12.6. The Bertz CT molecular complexity index is 932. The third kappa shape index (κ3) is 3.54. The first-order chi connectivity index (χ1) is 11.0. The number of fused-ring (bicyclic) bond motifs is 1. The second kappa shape index (κ2) is 6.17.